The Balaban J connectivity index is 4.30. The van der Waals surface area contributed by atoms with Gasteiger partial charge in [-0.2, -0.15) is 23.7 Å². The maximum absolute atomic E-state index is 12.4. The Hall–Kier alpha value is -1.28. The highest BCUT2D eigenvalue weighted by Crippen LogP contribution is 2.29. The average molecular weight is 380 g/mol. The van der Waals surface area contributed by atoms with Crippen LogP contribution in [0.4, 0.5) is 13.2 Å². The van der Waals surface area contributed by atoms with Crippen molar-refractivity contribution >= 4 is 9.84 Å². The predicted octanol–water partition coefficient (Wildman–Crippen LogP) is 5.06. The summed E-state index contributed by atoms with van der Waals surface area (Å²) < 4.78 is 58.3. The molecule has 0 fully saturated rings. The first kappa shape index (κ1) is 23.7. The van der Waals surface area contributed by atoms with Gasteiger partial charge in [0.2, 0.25) is 4.75 Å². The fraction of sp³-hybridized carbons (Fsp3) is 0.882. The minimum Gasteiger partial charge on any atom is -0.226 e. The number of sulfone groups is 1. The van der Waals surface area contributed by atoms with Crippen LogP contribution >= 0.6 is 0 Å². The summed E-state index contributed by atoms with van der Waals surface area (Å²) in [6, 6.07) is 2.62. The van der Waals surface area contributed by atoms with E-state index in [1.165, 1.54) is 37.8 Å². The van der Waals surface area contributed by atoms with E-state index in [0.717, 1.165) is 25.7 Å². The Morgan fingerprint density at radius 2 is 1.20 bits per heavy atom. The molecule has 0 aromatic carbocycles. The summed E-state index contributed by atoms with van der Waals surface area (Å²) in [5, 5.41) is 18.1. The number of hydrogen-bond donors (Lipinski definition) is 0. The first-order valence-corrected chi connectivity index (χ1v) is 10.4. The number of nitriles is 2. The fourth-order valence-electron chi connectivity index (χ4n) is 2.63. The zero-order chi connectivity index (χ0) is 19.4. The van der Waals surface area contributed by atoms with E-state index in [2.05, 4.69) is 6.92 Å². The van der Waals surface area contributed by atoms with Gasteiger partial charge in [-0.05, 0) is 12.8 Å². The number of nitrogens with zero attached hydrogens (tertiary/aromatic N) is 2. The molecule has 0 rings (SSSR count). The van der Waals surface area contributed by atoms with Crippen LogP contribution in [0, 0.1) is 22.7 Å². The Kier molecular flexibility index (Phi) is 10.8. The van der Waals surface area contributed by atoms with Gasteiger partial charge in [0.15, 0.2) is 9.84 Å². The Morgan fingerprint density at radius 3 is 1.56 bits per heavy atom. The second-order valence-corrected chi connectivity index (χ2v) is 8.57. The van der Waals surface area contributed by atoms with Crippen LogP contribution in [0.1, 0.15) is 77.6 Å². The fourth-order valence-corrected chi connectivity index (χ4v) is 4.04. The lowest BCUT2D eigenvalue weighted by Crippen LogP contribution is -2.41. The largest absolute Gasteiger partial charge is 0.402 e. The molecule has 0 bridgehead atoms. The third-order valence-electron chi connectivity index (χ3n) is 4.13. The number of rotatable bonds is 13. The molecule has 25 heavy (non-hydrogen) atoms. The van der Waals surface area contributed by atoms with E-state index in [9.17, 15) is 21.6 Å². The molecular weight excluding hydrogens is 353 g/mol. The molecule has 0 amide bonds. The zero-order valence-electron chi connectivity index (χ0n) is 14.7. The van der Waals surface area contributed by atoms with E-state index in [-0.39, 0.29) is 12.8 Å². The predicted molar refractivity (Wildman–Crippen MR) is 90.3 cm³/mol. The molecule has 0 aliphatic rings. The van der Waals surface area contributed by atoms with Gasteiger partial charge in [-0.15, -0.1) is 0 Å². The average Bonchev–Trinajstić information content (AvgIpc) is 2.50. The quantitative estimate of drug-likeness (QED) is 0.418. The maximum Gasteiger partial charge on any atom is 0.402 e. The molecule has 0 aromatic rings. The van der Waals surface area contributed by atoms with Gasteiger partial charge in [0.1, 0.15) is 17.9 Å². The normalized spacial score (nSPS) is 12.6. The molecule has 0 saturated heterocycles. The summed E-state index contributed by atoms with van der Waals surface area (Å²) >= 11 is 0. The number of unbranched alkanes of at least 4 members (excludes halogenated alkanes) is 9. The van der Waals surface area contributed by atoms with Gasteiger partial charge in [-0.25, -0.2) is 8.42 Å². The van der Waals surface area contributed by atoms with Crippen LogP contribution in [0.15, 0.2) is 0 Å². The van der Waals surface area contributed by atoms with Crippen molar-refractivity contribution in [1.29, 1.82) is 10.5 Å². The van der Waals surface area contributed by atoms with E-state index >= 15 is 0 Å². The van der Waals surface area contributed by atoms with Crippen LogP contribution in [0.2, 0.25) is 0 Å². The van der Waals surface area contributed by atoms with Crippen LogP contribution in [-0.4, -0.2) is 25.1 Å². The second-order valence-electron chi connectivity index (χ2n) is 6.36. The third kappa shape index (κ3) is 9.11. The molecule has 0 aliphatic carbocycles. The van der Waals surface area contributed by atoms with Crippen LogP contribution in [0.25, 0.3) is 0 Å². The van der Waals surface area contributed by atoms with Gasteiger partial charge >= 0.3 is 6.18 Å². The van der Waals surface area contributed by atoms with Crippen LogP contribution < -0.4 is 0 Å². The van der Waals surface area contributed by atoms with Crippen molar-refractivity contribution in [2.75, 3.05) is 5.75 Å². The smallest absolute Gasteiger partial charge is 0.226 e. The molecule has 0 aliphatic heterocycles. The minimum atomic E-state index is -4.96. The molecule has 0 N–H and O–H groups in total. The summed E-state index contributed by atoms with van der Waals surface area (Å²) in [6.07, 6.45) is 4.33. The summed E-state index contributed by atoms with van der Waals surface area (Å²) in [5.74, 6) is -2.14. The van der Waals surface area contributed by atoms with Crippen molar-refractivity contribution < 1.29 is 21.6 Å². The first-order valence-electron chi connectivity index (χ1n) is 8.75. The van der Waals surface area contributed by atoms with Gasteiger partial charge < -0.3 is 0 Å². The van der Waals surface area contributed by atoms with Gasteiger partial charge in [0, 0.05) is 0 Å². The van der Waals surface area contributed by atoms with Crippen molar-refractivity contribution in [3.63, 3.8) is 0 Å². The lowest BCUT2D eigenvalue weighted by Gasteiger charge is -2.20. The van der Waals surface area contributed by atoms with E-state index in [1.54, 1.807) is 0 Å². The topological polar surface area (TPSA) is 81.7 Å². The Labute approximate surface area is 148 Å². The van der Waals surface area contributed by atoms with Crippen molar-refractivity contribution in [2.45, 2.75) is 88.5 Å². The van der Waals surface area contributed by atoms with Crippen LogP contribution in [-0.2, 0) is 9.84 Å². The summed E-state index contributed by atoms with van der Waals surface area (Å²) in [5.41, 5.74) is 0. The van der Waals surface area contributed by atoms with Crippen LogP contribution in [0.5, 0.6) is 0 Å². The number of alkyl halides is 3. The van der Waals surface area contributed by atoms with E-state index in [0.29, 0.717) is 6.42 Å². The standard InChI is InChI=1S/C17H27F3N2O2S/c1-2-3-4-5-6-7-8-9-10-11-12-16(13-21,14-22)25(23,24)15-17(18,19)20/h2-12,15H2,1H3. The molecule has 0 atom stereocenters. The second kappa shape index (κ2) is 11.4. The van der Waals surface area contributed by atoms with Crippen molar-refractivity contribution in [3.05, 3.63) is 0 Å². The SMILES string of the molecule is CCCCCCCCCCCCC(C#N)(C#N)S(=O)(=O)CC(F)(F)F. The molecule has 0 aromatic heterocycles. The van der Waals surface area contributed by atoms with E-state index < -0.39 is 26.5 Å². The van der Waals surface area contributed by atoms with Gasteiger partial charge in [-0.1, -0.05) is 64.7 Å². The molecule has 8 heteroatoms. The first-order chi connectivity index (χ1) is 11.6. The van der Waals surface area contributed by atoms with Crippen molar-refractivity contribution in [1.82, 2.24) is 0 Å². The van der Waals surface area contributed by atoms with E-state index in [4.69, 9.17) is 10.5 Å². The maximum atomic E-state index is 12.4. The highest BCUT2D eigenvalue weighted by atomic mass is 32.2. The van der Waals surface area contributed by atoms with Crippen molar-refractivity contribution in [3.8, 4) is 12.1 Å². The molecule has 4 nitrogen and oxygen atoms in total. The monoisotopic (exact) mass is 380 g/mol. The molecule has 144 valence electrons. The molecule has 0 radical (unpaired) electrons. The third-order valence-corrected chi connectivity index (χ3v) is 6.28. The zero-order valence-corrected chi connectivity index (χ0v) is 15.6. The summed E-state index contributed by atoms with van der Waals surface area (Å²) in [6.45, 7) is 2.15. The molecule has 0 spiro atoms. The molecule has 0 heterocycles. The Bertz CT molecular complexity index is 546. The number of hydrogen-bond acceptors (Lipinski definition) is 4. The minimum absolute atomic E-state index is 0.244. The highest BCUT2D eigenvalue weighted by Gasteiger charge is 2.50. The number of halogens is 3. The summed E-state index contributed by atoms with van der Waals surface area (Å²) in [7, 11) is -4.90. The molecular formula is C17H27F3N2O2S. The lowest BCUT2D eigenvalue weighted by molar-refractivity contribution is -0.106. The van der Waals surface area contributed by atoms with Crippen molar-refractivity contribution in [2.24, 2.45) is 0 Å². The Morgan fingerprint density at radius 1 is 0.800 bits per heavy atom. The highest BCUT2D eigenvalue weighted by molar-refractivity contribution is 7.93. The van der Waals surface area contributed by atoms with Gasteiger partial charge in [0.05, 0.1) is 0 Å². The van der Waals surface area contributed by atoms with Gasteiger partial charge in [0.25, 0.3) is 0 Å². The van der Waals surface area contributed by atoms with Crippen LogP contribution in [0.3, 0.4) is 0 Å². The summed E-state index contributed by atoms with van der Waals surface area (Å²) in [4.78, 5) is 0. The van der Waals surface area contributed by atoms with E-state index in [1.807, 2.05) is 0 Å². The molecule has 0 saturated carbocycles. The molecule has 0 unspecified atom stereocenters. The van der Waals surface area contributed by atoms with Gasteiger partial charge in [-0.3, -0.25) is 0 Å². The lowest BCUT2D eigenvalue weighted by atomic mass is 10.0.